The number of benzene rings is 2. The quantitative estimate of drug-likeness (QED) is 0.642. The predicted octanol–water partition coefficient (Wildman–Crippen LogP) is 3.51. The smallest absolute Gasteiger partial charge is 0.163 e. The van der Waals surface area contributed by atoms with E-state index in [4.69, 9.17) is 21.3 Å². The van der Waals surface area contributed by atoms with Gasteiger partial charge in [-0.3, -0.25) is 20.6 Å². The molecule has 2 aliphatic rings. The second-order valence-electron chi connectivity index (χ2n) is 5.73. The van der Waals surface area contributed by atoms with Crippen LogP contribution in [0.4, 0.5) is 0 Å². The van der Waals surface area contributed by atoms with Gasteiger partial charge in [-0.05, 0) is 36.3 Å². The van der Waals surface area contributed by atoms with Crippen molar-refractivity contribution in [3.05, 3.63) is 88.1 Å². The topological polar surface area (TPSA) is 42.5 Å². The molecule has 1 aliphatic carbocycles. The second-order valence-corrected chi connectivity index (χ2v) is 6.16. The molecule has 0 aromatic heterocycles. The Morgan fingerprint density at radius 1 is 1.12 bits per heavy atom. The van der Waals surface area contributed by atoms with Crippen LogP contribution in [0, 0.1) is 11.8 Å². The molecule has 25 heavy (non-hydrogen) atoms. The molecular formula is C20H15ClN2O2. The lowest BCUT2D eigenvalue weighted by atomic mass is 9.95. The van der Waals surface area contributed by atoms with E-state index < -0.39 is 5.60 Å². The van der Waals surface area contributed by atoms with Crippen LogP contribution in [-0.2, 0) is 15.3 Å². The molecule has 0 fully saturated rings. The number of allylic oxidation sites excluding steroid dienone is 1. The first-order valence-electron chi connectivity index (χ1n) is 7.76. The van der Waals surface area contributed by atoms with Crippen LogP contribution < -0.4 is 11.0 Å². The molecule has 2 N–H and O–H groups in total. The Bertz CT molecular complexity index is 955. The Kier molecular flexibility index (Phi) is 3.98. The Morgan fingerprint density at radius 2 is 2.00 bits per heavy atom. The van der Waals surface area contributed by atoms with Crippen LogP contribution in [0.3, 0.4) is 0 Å². The van der Waals surface area contributed by atoms with Crippen molar-refractivity contribution in [1.82, 2.24) is 11.0 Å². The highest BCUT2D eigenvalue weighted by Gasteiger charge is 2.42. The molecule has 0 bridgehead atoms. The van der Waals surface area contributed by atoms with Crippen molar-refractivity contribution in [3.8, 4) is 11.8 Å². The molecule has 1 atom stereocenters. The minimum atomic E-state index is -0.699. The number of halogens is 1. The molecule has 1 unspecified atom stereocenters. The Balaban J connectivity index is 1.69. The highest BCUT2D eigenvalue weighted by Crippen LogP contribution is 2.43. The third-order valence-corrected chi connectivity index (χ3v) is 4.30. The van der Waals surface area contributed by atoms with Gasteiger partial charge in [0.15, 0.2) is 5.60 Å². The van der Waals surface area contributed by atoms with E-state index in [1.165, 1.54) is 0 Å². The van der Waals surface area contributed by atoms with E-state index in [-0.39, 0.29) is 0 Å². The lowest BCUT2D eigenvalue weighted by Gasteiger charge is -2.18. The number of hydroxylamine groups is 2. The minimum Gasteiger partial charge on any atom is -0.279 e. The van der Waals surface area contributed by atoms with Gasteiger partial charge in [-0.15, -0.1) is 0 Å². The molecule has 2 aromatic carbocycles. The SMILES string of the molecule is CONC1=CC2(C=C(C#Cc3cccc(Cl)c3)NO2)c2ccccc21. The predicted molar refractivity (Wildman–Crippen MR) is 96.9 cm³/mol. The fraction of sp³-hybridized carbons (Fsp3) is 0.100. The van der Waals surface area contributed by atoms with Crippen LogP contribution in [0.15, 0.2) is 66.4 Å². The van der Waals surface area contributed by atoms with Gasteiger partial charge in [0.1, 0.15) is 5.70 Å². The number of hydrogen-bond donors (Lipinski definition) is 2. The molecule has 2 aromatic rings. The maximum Gasteiger partial charge on any atom is 0.163 e. The fourth-order valence-corrected chi connectivity index (χ4v) is 3.20. The van der Waals surface area contributed by atoms with Gasteiger partial charge in [-0.2, -0.15) is 0 Å². The Hall–Kier alpha value is -2.71. The molecule has 124 valence electrons. The molecule has 4 rings (SSSR count). The summed E-state index contributed by atoms with van der Waals surface area (Å²) in [5.41, 5.74) is 9.60. The van der Waals surface area contributed by atoms with E-state index in [1.807, 2.05) is 60.7 Å². The molecule has 0 radical (unpaired) electrons. The summed E-state index contributed by atoms with van der Waals surface area (Å²) in [7, 11) is 1.58. The summed E-state index contributed by atoms with van der Waals surface area (Å²) in [6.45, 7) is 0. The third kappa shape index (κ3) is 2.90. The Morgan fingerprint density at radius 3 is 2.84 bits per heavy atom. The third-order valence-electron chi connectivity index (χ3n) is 4.06. The second kappa shape index (κ2) is 6.30. The van der Waals surface area contributed by atoms with E-state index in [0.29, 0.717) is 10.7 Å². The van der Waals surface area contributed by atoms with Crippen LogP contribution in [0.2, 0.25) is 5.02 Å². The zero-order chi connectivity index (χ0) is 17.3. The van der Waals surface area contributed by atoms with E-state index in [9.17, 15) is 0 Å². The molecule has 1 aliphatic heterocycles. The van der Waals surface area contributed by atoms with Crippen molar-refractivity contribution < 1.29 is 9.68 Å². The molecule has 4 nitrogen and oxygen atoms in total. The van der Waals surface area contributed by atoms with E-state index in [0.717, 1.165) is 22.4 Å². The number of rotatable bonds is 2. The van der Waals surface area contributed by atoms with Gasteiger partial charge in [-0.25, -0.2) is 0 Å². The van der Waals surface area contributed by atoms with Gasteiger partial charge in [0.2, 0.25) is 0 Å². The summed E-state index contributed by atoms with van der Waals surface area (Å²) in [5.74, 6) is 6.18. The molecule has 0 amide bonds. The molecule has 1 heterocycles. The average Bonchev–Trinajstić information content (AvgIpc) is 3.17. The zero-order valence-corrected chi connectivity index (χ0v) is 14.2. The zero-order valence-electron chi connectivity index (χ0n) is 13.5. The van der Waals surface area contributed by atoms with Crippen molar-refractivity contribution in [2.45, 2.75) is 5.60 Å². The first kappa shape index (κ1) is 15.8. The van der Waals surface area contributed by atoms with Crippen molar-refractivity contribution >= 4 is 17.3 Å². The van der Waals surface area contributed by atoms with Crippen molar-refractivity contribution in [1.29, 1.82) is 0 Å². The van der Waals surface area contributed by atoms with Crippen LogP contribution in [0.1, 0.15) is 16.7 Å². The maximum absolute atomic E-state index is 5.99. The lowest BCUT2D eigenvalue weighted by Crippen LogP contribution is -2.23. The van der Waals surface area contributed by atoms with Crippen molar-refractivity contribution in [3.63, 3.8) is 0 Å². The number of hydrogen-bond acceptors (Lipinski definition) is 4. The Labute approximate surface area is 151 Å². The van der Waals surface area contributed by atoms with E-state index in [2.05, 4.69) is 22.8 Å². The molecule has 1 spiro atoms. The molecule has 0 saturated heterocycles. The summed E-state index contributed by atoms with van der Waals surface area (Å²) >= 11 is 5.99. The summed E-state index contributed by atoms with van der Waals surface area (Å²) in [6, 6.07) is 15.5. The van der Waals surface area contributed by atoms with Crippen LogP contribution in [-0.4, -0.2) is 7.11 Å². The van der Waals surface area contributed by atoms with Gasteiger partial charge in [0.05, 0.1) is 12.8 Å². The number of nitrogens with one attached hydrogen (secondary N) is 2. The van der Waals surface area contributed by atoms with Gasteiger partial charge >= 0.3 is 0 Å². The molecular weight excluding hydrogens is 336 g/mol. The van der Waals surface area contributed by atoms with Crippen LogP contribution in [0.5, 0.6) is 0 Å². The minimum absolute atomic E-state index is 0.663. The van der Waals surface area contributed by atoms with Gasteiger partial charge in [0.25, 0.3) is 0 Å². The summed E-state index contributed by atoms with van der Waals surface area (Å²) in [5, 5.41) is 0.663. The lowest BCUT2D eigenvalue weighted by molar-refractivity contribution is -0.00819. The maximum atomic E-state index is 5.99. The van der Waals surface area contributed by atoms with Crippen LogP contribution >= 0.6 is 11.6 Å². The molecule has 5 heteroatoms. The number of fused-ring (bicyclic) bond motifs is 2. The first-order valence-corrected chi connectivity index (χ1v) is 8.14. The monoisotopic (exact) mass is 350 g/mol. The highest BCUT2D eigenvalue weighted by molar-refractivity contribution is 6.30. The van der Waals surface area contributed by atoms with Gasteiger partial charge in [-0.1, -0.05) is 47.9 Å². The van der Waals surface area contributed by atoms with Gasteiger partial charge in [0, 0.05) is 21.7 Å². The summed E-state index contributed by atoms with van der Waals surface area (Å²) in [6.07, 6.45) is 3.94. The van der Waals surface area contributed by atoms with Crippen molar-refractivity contribution in [2.24, 2.45) is 0 Å². The van der Waals surface area contributed by atoms with E-state index in [1.54, 1.807) is 7.11 Å². The standard InChI is InChI=1S/C20H15ClN2O2/c1-24-23-19-13-20(18-8-3-2-7-17(18)19)12-16(22-25-20)10-9-14-5-4-6-15(21)11-14/h2-8,11-13,22-23H,1H3. The highest BCUT2D eigenvalue weighted by atomic mass is 35.5. The normalized spacial score (nSPS) is 20.2. The fourth-order valence-electron chi connectivity index (χ4n) is 3.01. The van der Waals surface area contributed by atoms with Crippen molar-refractivity contribution in [2.75, 3.05) is 7.11 Å². The largest absolute Gasteiger partial charge is 0.279 e. The molecule has 0 saturated carbocycles. The average molecular weight is 351 g/mol. The summed E-state index contributed by atoms with van der Waals surface area (Å²) in [4.78, 5) is 11.0. The van der Waals surface area contributed by atoms with Crippen LogP contribution in [0.25, 0.3) is 5.70 Å². The van der Waals surface area contributed by atoms with E-state index >= 15 is 0 Å². The first-order chi connectivity index (χ1) is 12.2. The summed E-state index contributed by atoms with van der Waals surface area (Å²) < 4.78 is 0. The van der Waals surface area contributed by atoms with Gasteiger partial charge < -0.3 is 0 Å².